The molecule has 0 saturated heterocycles. The molecule has 0 radical (unpaired) electrons. The Morgan fingerprint density at radius 2 is 1.00 bits per heavy atom. The van der Waals surface area contributed by atoms with E-state index in [-0.39, 0.29) is 0 Å². The van der Waals surface area contributed by atoms with E-state index in [1.165, 1.54) is 0 Å². The van der Waals surface area contributed by atoms with Gasteiger partial charge < -0.3 is 0 Å². The van der Waals surface area contributed by atoms with Crippen LogP contribution < -0.4 is 0 Å². The first kappa shape index (κ1) is 14.3. The van der Waals surface area contributed by atoms with Crippen LogP contribution in [0.4, 0.5) is 0 Å². The third-order valence-electron chi connectivity index (χ3n) is 3.92. The largest absolute Gasteiger partial charge is 0.361 e. The number of pyridine rings is 1. The summed E-state index contributed by atoms with van der Waals surface area (Å²) in [5.41, 5.74) is 4.35. The van der Waals surface area contributed by atoms with E-state index in [0.29, 0.717) is 0 Å². The van der Waals surface area contributed by atoms with E-state index in [9.17, 15) is 0 Å². The van der Waals surface area contributed by atoms with Gasteiger partial charge in [-0.25, -0.2) is 4.42 Å². The first-order valence-corrected chi connectivity index (χ1v) is 7.89. The van der Waals surface area contributed by atoms with Gasteiger partial charge in [-0.1, -0.05) is 36.4 Å². The van der Waals surface area contributed by atoms with Gasteiger partial charge in [0.05, 0.1) is 23.3 Å². The Bertz CT molecular complexity index is 796. The average molecular weight is 310 g/mol. The predicted octanol–water partition coefficient (Wildman–Crippen LogP) is 5.96. The standard InChI is InChI=1S/C22H16NO/c1-3-7-18(8-4-1)21-15-20(17-11-13-23-14-12-17)16-22(24-21)19-9-5-2-6-10-19/h1-16H/q+1. The molecule has 0 atom stereocenters. The molecule has 0 unspecified atom stereocenters. The van der Waals surface area contributed by atoms with Crippen molar-refractivity contribution < 1.29 is 4.42 Å². The maximum absolute atomic E-state index is 6.20. The molecular formula is C22H16NO+. The van der Waals surface area contributed by atoms with Crippen molar-refractivity contribution in [3.8, 4) is 33.8 Å². The number of hydrogen-bond donors (Lipinski definition) is 0. The summed E-state index contributed by atoms with van der Waals surface area (Å²) in [7, 11) is 0. The molecule has 4 rings (SSSR count). The molecule has 2 aromatic carbocycles. The topological polar surface area (TPSA) is 24.2 Å². The monoisotopic (exact) mass is 310 g/mol. The third kappa shape index (κ3) is 2.95. The van der Waals surface area contributed by atoms with Gasteiger partial charge in [0, 0.05) is 18.0 Å². The van der Waals surface area contributed by atoms with E-state index >= 15 is 0 Å². The molecule has 0 bridgehead atoms. The second-order valence-corrected chi connectivity index (χ2v) is 5.54. The van der Waals surface area contributed by atoms with Crippen LogP contribution in [0.25, 0.3) is 33.8 Å². The fourth-order valence-corrected chi connectivity index (χ4v) is 2.70. The highest BCUT2D eigenvalue weighted by molar-refractivity contribution is 5.74. The molecule has 2 nitrogen and oxygen atoms in total. The second-order valence-electron chi connectivity index (χ2n) is 5.54. The number of rotatable bonds is 3. The van der Waals surface area contributed by atoms with E-state index in [2.05, 4.69) is 41.4 Å². The fourth-order valence-electron chi connectivity index (χ4n) is 2.70. The number of nitrogens with zero attached hydrogens (tertiary/aromatic N) is 1. The molecule has 0 aliphatic rings. The van der Waals surface area contributed by atoms with E-state index in [4.69, 9.17) is 4.42 Å². The fraction of sp³-hybridized carbons (Fsp3) is 0. The summed E-state index contributed by atoms with van der Waals surface area (Å²) < 4.78 is 6.20. The van der Waals surface area contributed by atoms with Crippen molar-refractivity contribution >= 4 is 0 Å². The highest BCUT2D eigenvalue weighted by atomic mass is 16.3. The maximum Gasteiger partial charge on any atom is 0.361 e. The van der Waals surface area contributed by atoms with E-state index in [1.807, 2.05) is 60.9 Å². The lowest BCUT2D eigenvalue weighted by Gasteiger charge is -2.01. The van der Waals surface area contributed by atoms with Crippen LogP contribution in [0.1, 0.15) is 0 Å². The molecule has 2 heterocycles. The summed E-state index contributed by atoms with van der Waals surface area (Å²) >= 11 is 0. The highest BCUT2D eigenvalue weighted by Gasteiger charge is 2.20. The summed E-state index contributed by atoms with van der Waals surface area (Å²) in [6.45, 7) is 0. The average Bonchev–Trinajstić information content (AvgIpc) is 2.70. The first-order valence-electron chi connectivity index (χ1n) is 7.89. The van der Waals surface area contributed by atoms with Crippen LogP contribution in [0.15, 0.2) is 102 Å². The molecular weight excluding hydrogens is 294 g/mol. The zero-order valence-electron chi connectivity index (χ0n) is 13.1. The molecule has 24 heavy (non-hydrogen) atoms. The molecule has 0 fully saturated rings. The number of hydrogen-bond acceptors (Lipinski definition) is 1. The Kier molecular flexibility index (Phi) is 3.86. The lowest BCUT2D eigenvalue weighted by Crippen LogP contribution is -1.86. The van der Waals surface area contributed by atoms with Crippen LogP contribution in [0.3, 0.4) is 0 Å². The van der Waals surface area contributed by atoms with Crippen LogP contribution in [-0.2, 0) is 0 Å². The molecule has 2 heteroatoms. The van der Waals surface area contributed by atoms with Gasteiger partial charge >= 0.3 is 11.5 Å². The summed E-state index contributed by atoms with van der Waals surface area (Å²) in [5.74, 6) is 1.70. The van der Waals surface area contributed by atoms with Gasteiger partial charge in [-0.3, -0.25) is 4.98 Å². The van der Waals surface area contributed by atoms with Crippen LogP contribution in [0.5, 0.6) is 0 Å². The van der Waals surface area contributed by atoms with Gasteiger partial charge in [-0.2, -0.15) is 0 Å². The minimum atomic E-state index is 0.851. The summed E-state index contributed by atoms with van der Waals surface area (Å²) in [6, 6.07) is 28.5. The van der Waals surface area contributed by atoms with Crippen molar-refractivity contribution in [1.29, 1.82) is 0 Å². The third-order valence-corrected chi connectivity index (χ3v) is 3.92. The van der Waals surface area contributed by atoms with Crippen molar-refractivity contribution in [1.82, 2.24) is 4.98 Å². The summed E-state index contributed by atoms with van der Waals surface area (Å²) in [6.07, 6.45) is 3.62. The molecule has 114 valence electrons. The van der Waals surface area contributed by atoms with Crippen LogP contribution >= 0.6 is 0 Å². The molecule has 0 amide bonds. The van der Waals surface area contributed by atoms with Crippen molar-refractivity contribution in [2.45, 2.75) is 0 Å². The molecule has 2 aromatic heterocycles. The first-order chi connectivity index (χ1) is 11.9. The van der Waals surface area contributed by atoms with Crippen LogP contribution in [-0.4, -0.2) is 4.98 Å². The van der Waals surface area contributed by atoms with Gasteiger partial charge in [-0.15, -0.1) is 0 Å². The lowest BCUT2D eigenvalue weighted by molar-refractivity contribution is 0.582. The van der Waals surface area contributed by atoms with Gasteiger partial charge in [0.2, 0.25) is 0 Å². The lowest BCUT2D eigenvalue weighted by atomic mass is 10.0. The molecule has 4 aromatic rings. The minimum Gasteiger partial charge on any atom is -0.265 e. The Labute approximate surface area is 141 Å². The van der Waals surface area contributed by atoms with E-state index in [1.54, 1.807) is 0 Å². The van der Waals surface area contributed by atoms with Gasteiger partial charge in [0.15, 0.2) is 0 Å². The SMILES string of the molecule is c1ccc(-c2cc(-c3ccncc3)cc(-c3ccccc3)[o+]2)cc1. The molecule has 0 N–H and O–H groups in total. The van der Waals surface area contributed by atoms with Crippen molar-refractivity contribution in [2.24, 2.45) is 0 Å². The Balaban J connectivity index is 1.92. The second kappa shape index (κ2) is 6.47. The number of benzene rings is 2. The van der Waals surface area contributed by atoms with Gasteiger partial charge in [0.1, 0.15) is 0 Å². The van der Waals surface area contributed by atoms with E-state index in [0.717, 1.165) is 33.8 Å². The quantitative estimate of drug-likeness (QED) is 0.436. The zero-order chi connectivity index (χ0) is 16.2. The van der Waals surface area contributed by atoms with Crippen LogP contribution in [0.2, 0.25) is 0 Å². The normalized spacial score (nSPS) is 10.5. The minimum absolute atomic E-state index is 0.851. The van der Waals surface area contributed by atoms with Crippen molar-refractivity contribution in [3.63, 3.8) is 0 Å². The summed E-state index contributed by atoms with van der Waals surface area (Å²) in [4.78, 5) is 4.11. The Morgan fingerprint density at radius 3 is 1.50 bits per heavy atom. The highest BCUT2D eigenvalue weighted by Crippen LogP contribution is 2.32. The molecule has 0 aliphatic heterocycles. The smallest absolute Gasteiger partial charge is 0.265 e. The van der Waals surface area contributed by atoms with Gasteiger partial charge in [-0.05, 0) is 42.0 Å². The van der Waals surface area contributed by atoms with Crippen molar-refractivity contribution in [3.05, 3.63) is 97.3 Å². The van der Waals surface area contributed by atoms with Crippen LogP contribution in [0, 0.1) is 0 Å². The molecule has 0 aliphatic carbocycles. The van der Waals surface area contributed by atoms with Crippen molar-refractivity contribution in [2.75, 3.05) is 0 Å². The zero-order valence-corrected chi connectivity index (χ0v) is 13.1. The van der Waals surface area contributed by atoms with E-state index < -0.39 is 0 Å². The molecule has 0 saturated carbocycles. The Hall–Kier alpha value is -3.26. The predicted molar refractivity (Wildman–Crippen MR) is 97.2 cm³/mol. The summed E-state index contributed by atoms with van der Waals surface area (Å²) in [5, 5.41) is 0. The Morgan fingerprint density at radius 1 is 0.500 bits per heavy atom. The number of aromatic nitrogens is 1. The van der Waals surface area contributed by atoms with Gasteiger partial charge in [0.25, 0.3) is 0 Å². The molecule has 0 spiro atoms. The maximum atomic E-state index is 6.20.